The van der Waals surface area contributed by atoms with Crippen LogP contribution < -0.4 is 16.0 Å². The largest absolute Gasteiger partial charge is 0.398 e. The van der Waals surface area contributed by atoms with Crippen LogP contribution in [0.1, 0.15) is 24.5 Å². The Labute approximate surface area is 141 Å². The fraction of sp³-hybridized carbons (Fsp3) is 0.316. The number of anilines is 2. The van der Waals surface area contributed by atoms with Crippen LogP contribution in [0.2, 0.25) is 0 Å². The molecule has 0 radical (unpaired) electrons. The standard InChI is InChI=1S/C19H22FN3O/c1-13(19(24)22-12-14-7-9-15(20)10-8-14)23-11-3-4-16-17(21)5-2-6-18(16)23/h2,5-10,13H,3-4,11-12,21H2,1H3,(H,22,24). The van der Waals surface area contributed by atoms with Gasteiger partial charge in [-0.3, -0.25) is 4.79 Å². The van der Waals surface area contributed by atoms with E-state index in [0.717, 1.165) is 41.9 Å². The molecule has 1 aliphatic rings. The molecular weight excluding hydrogens is 305 g/mol. The summed E-state index contributed by atoms with van der Waals surface area (Å²) in [4.78, 5) is 14.6. The summed E-state index contributed by atoms with van der Waals surface area (Å²) in [5.41, 5.74) is 9.91. The zero-order valence-electron chi connectivity index (χ0n) is 13.8. The van der Waals surface area contributed by atoms with Gasteiger partial charge in [0.25, 0.3) is 0 Å². The molecule has 24 heavy (non-hydrogen) atoms. The number of benzene rings is 2. The first-order valence-electron chi connectivity index (χ1n) is 8.22. The minimum atomic E-state index is -0.286. The number of hydrogen-bond donors (Lipinski definition) is 2. The number of nitrogens with one attached hydrogen (secondary N) is 1. The van der Waals surface area contributed by atoms with E-state index in [4.69, 9.17) is 5.73 Å². The molecule has 1 atom stereocenters. The fourth-order valence-electron chi connectivity index (χ4n) is 3.16. The maximum atomic E-state index is 12.9. The first-order chi connectivity index (χ1) is 11.6. The number of rotatable bonds is 4. The third kappa shape index (κ3) is 3.35. The van der Waals surface area contributed by atoms with Gasteiger partial charge in [0.1, 0.15) is 11.9 Å². The van der Waals surface area contributed by atoms with E-state index in [1.165, 1.54) is 12.1 Å². The van der Waals surface area contributed by atoms with E-state index in [-0.39, 0.29) is 17.8 Å². The molecule has 1 heterocycles. The Balaban J connectivity index is 1.68. The second kappa shape index (κ2) is 6.91. The SMILES string of the molecule is CC(C(=O)NCc1ccc(F)cc1)N1CCCc2c(N)cccc21. The fourth-order valence-corrected chi connectivity index (χ4v) is 3.16. The smallest absolute Gasteiger partial charge is 0.242 e. The van der Waals surface area contributed by atoms with Gasteiger partial charge in [-0.1, -0.05) is 18.2 Å². The van der Waals surface area contributed by atoms with Crippen LogP contribution >= 0.6 is 0 Å². The summed E-state index contributed by atoms with van der Waals surface area (Å²) in [6.45, 7) is 3.13. The van der Waals surface area contributed by atoms with E-state index in [0.29, 0.717) is 6.54 Å². The molecule has 0 aromatic heterocycles. The van der Waals surface area contributed by atoms with Gasteiger partial charge in [0.15, 0.2) is 0 Å². The van der Waals surface area contributed by atoms with E-state index in [2.05, 4.69) is 10.2 Å². The molecule has 126 valence electrons. The van der Waals surface area contributed by atoms with Crippen molar-refractivity contribution in [1.29, 1.82) is 0 Å². The summed E-state index contributed by atoms with van der Waals surface area (Å²) >= 11 is 0. The summed E-state index contributed by atoms with van der Waals surface area (Å²) in [6.07, 6.45) is 1.93. The lowest BCUT2D eigenvalue weighted by molar-refractivity contribution is -0.122. The van der Waals surface area contributed by atoms with Crippen molar-refractivity contribution in [3.05, 3.63) is 59.4 Å². The van der Waals surface area contributed by atoms with Gasteiger partial charge in [0.05, 0.1) is 0 Å². The van der Waals surface area contributed by atoms with Crippen LogP contribution in [0.15, 0.2) is 42.5 Å². The van der Waals surface area contributed by atoms with Gasteiger partial charge in [-0.05, 0) is 55.2 Å². The van der Waals surface area contributed by atoms with Crippen molar-refractivity contribution in [1.82, 2.24) is 5.32 Å². The highest BCUT2D eigenvalue weighted by atomic mass is 19.1. The minimum absolute atomic E-state index is 0.0467. The molecule has 0 spiro atoms. The lowest BCUT2D eigenvalue weighted by Crippen LogP contribution is -2.47. The second-order valence-electron chi connectivity index (χ2n) is 6.16. The Bertz CT molecular complexity index is 730. The summed E-state index contributed by atoms with van der Waals surface area (Å²) in [5, 5.41) is 2.93. The predicted octanol–water partition coefficient (Wildman–Crippen LogP) is 2.87. The van der Waals surface area contributed by atoms with Crippen molar-refractivity contribution < 1.29 is 9.18 Å². The van der Waals surface area contributed by atoms with Gasteiger partial charge >= 0.3 is 0 Å². The number of nitrogens with two attached hydrogens (primary N) is 1. The molecule has 1 amide bonds. The van der Waals surface area contributed by atoms with Crippen molar-refractivity contribution >= 4 is 17.3 Å². The van der Waals surface area contributed by atoms with Crippen LogP contribution in [0.25, 0.3) is 0 Å². The van der Waals surface area contributed by atoms with Gasteiger partial charge in [-0.2, -0.15) is 0 Å². The molecule has 0 bridgehead atoms. The van der Waals surface area contributed by atoms with Gasteiger partial charge in [-0.25, -0.2) is 4.39 Å². The molecule has 1 aliphatic heterocycles. The average molecular weight is 327 g/mol. The number of amides is 1. The van der Waals surface area contributed by atoms with Crippen LogP contribution in [0.5, 0.6) is 0 Å². The molecule has 2 aromatic carbocycles. The molecule has 3 rings (SSSR count). The van der Waals surface area contributed by atoms with Crippen molar-refractivity contribution in [2.24, 2.45) is 0 Å². The number of nitrogen functional groups attached to an aromatic ring is 1. The Morgan fingerprint density at radius 2 is 2.04 bits per heavy atom. The second-order valence-corrected chi connectivity index (χ2v) is 6.16. The normalized spacial score (nSPS) is 14.8. The molecule has 4 nitrogen and oxygen atoms in total. The summed E-state index contributed by atoms with van der Waals surface area (Å²) in [5.74, 6) is -0.324. The number of hydrogen-bond acceptors (Lipinski definition) is 3. The highest BCUT2D eigenvalue weighted by Crippen LogP contribution is 2.32. The zero-order valence-corrected chi connectivity index (χ0v) is 13.8. The predicted molar refractivity (Wildman–Crippen MR) is 94.2 cm³/mol. The van der Waals surface area contributed by atoms with Crippen LogP contribution in [0, 0.1) is 5.82 Å². The van der Waals surface area contributed by atoms with E-state index < -0.39 is 0 Å². The molecule has 5 heteroatoms. The highest BCUT2D eigenvalue weighted by molar-refractivity contribution is 5.86. The lowest BCUT2D eigenvalue weighted by atomic mass is 9.98. The lowest BCUT2D eigenvalue weighted by Gasteiger charge is -2.36. The van der Waals surface area contributed by atoms with Crippen LogP contribution in [0.3, 0.4) is 0 Å². The number of carbonyl (C=O) groups is 1. The van der Waals surface area contributed by atoms with Gasteiger partial charge in [-0.15, -0.1) is 0 Å². The van der Waals surface area contributed by atoms with E-state index >= 15 is 0 Å². The monoisotopic (exact) mass is 327 g/mol. The zero-order chi connectivity index (χ0) is 17.1. The first-order valence-corrected chi connectivity index (χ1v) is 8.22. The van der Waals surface area contributed by atoms with Gasteiger partial charge < -0.3 is 16.0 Å². The first kappa shape index (κ1) is 16.3. The maximum absolute atomic E-state index is 12.9. The molecule has 0 saturated carbocycles. The van der Waals surface area contributed by atoms with Crippen LogP contribution in [-0.4, -0.2) is 18.5 Å². The highest BCUT2D eigenvalue weighted by Gasteiger charge is 2.26. The number of carbonyl (C=O) groups excluding carboxylic acids is 1. The van der Waals surface area contributed by atoms with E-state index in [1.807, 2.05) is 25.1 Å². The molecule has 0 fully saturated rings. The average Bonchev–Trinajstić information content (AvgIpc) is 2.60. The van der Waals surface area contributed by atoms with Gasteiger partial charge in [0.2, 0.25) is 5.91 Å². The molecule has 0 saturated heterocycles. The van der Waals surface area contributed by atoms with Crippen molar-refractivity contribution in [2.75, 3.05) is 17.2 Å². The molecule has 2 aromatic rings. The quantitative estimate of drug-likeness (QED) is 0.849. The van der Waals surface area contributed by atoms with Crippen LogP contribution in [-0.2, 0) is 17.8 Å². The summed E-state index contributed by atoms with van der Waals surface area (Å²) in [6, 6.07) is 11.7. The van der Waals surface area contributed by atoms with E-state index in [1.54, 1.807) is 12.1 Å². The summed E-state index contributed by atoms with van der Waals surface area (Å²) < 4.78 is 12.9. The summed E-state index contributed by atoms with van der Waals surface area (Å²) in [7, 11) is 0. The van der Waals surface area contributed by atoms with Gasteiger partial charge in [0, 0.05) is 24.5 Å². The van der Waals surface area contributed by atoms with Crippen molar-refractivity contribution in [2.45, 2.75) is 32.4 Å². The Morgan fingerprint density at radius 1 is 1.29 bits per heavy atom. The molecule has 3 N–H and O–H groups in total. The maximum Gasteiger partial charge on any atom is 0.242 e. The van der Waals surface area contributed by atoms with E-state index in [9.17, 15) is 9.18 Å². The molecule has 1 unspecified atom stereocenters. The van der Waals surface area contributed by atoms with Crippen molar-refractivity contribution in [3.63, 3.8) is 0 Å². The molecular formula is C19H22FN3O. The van der Waals surface area contributed by atoms with Crippen molar-refractivity contribution in [3.8, 4) is 0 Å². The Kier molecular flexibility index (Phi) is 4.69. The number of fused-ring (bicyclic) bond motifs is 1. The third-order valence-corrected chi connectivity index (χ3v) is 4.55. The Morgan fingerprint density at radius 3 is 2.79 bits per heavy atom. The topological polar surface area (TPSA) is 58.4 Å². The number of nitrogens with zero attached hydrogens (tertiary/aromatic N) is 1. The van der Waals surface area contributed by atoms with Crippen LogP contribution in [0.4, 0.5) is 15.8 Å². The molecule has 0 aliphatic carbocycles. The third-order valence-electron chi connectivity index (χ3n) is 4.55. The number of halogens is 1. The Hall–Kier alpha value is -2.56. The minimum Gasteiger partial charge on any atom is -0.398 e.